The van der Waals surface area contributed by atoms with Crippen molar-refractivity contribution in [1.29, 1.82) is 0 Å². The Morgan fingerprint density at radius 1 is 1.22 bits per heavy atom. The molecular weight excluding hydrogens is 238 g/mol. The first kappa shape index (κ1) is 18.7. The monoisotopic (exact) mass is 259 g/mol. The fourth-order valence-corrected chi connectivity index (χ4v) is 0.492. The molecule has 0 fully saturated rings. The molecule has 1 atom stereocenters. The van der Waals surface area contributed by atoms with E-state index in [0.29, 0.717) is 12.2 Å². The Balaban J connectivity index is 0. The summed E-state index contributed by atoms with van der Waals surface area (Å²) in [6.07, 6.45) is -0.325. The summed E-state index contributed by atoms with van der Waals surface area (Å²) in [5, 5.41) is 7.89. The van der Waals surface area contributed by atoms with Crippen LogP contribution in [0.15, 0.2) is 24.3 Å². The Morgan fingerprint density at radius 2 is 1.67 bits per heavy atom. The number of carboxylic acids is 1. The van der Waals surface area contributed by atoms with E-state index >= 15 is 0 Å². The van der Waals surface area contributed by atoms with Gasteiger partial charge in [-0.05, 0) is 20.8 Å². The van der Waals surface area contributed by atoms with Gasteiger partial charge < -0.3 is 20.3 Å². The van der Waals surface area contributed by atoms with Crippen LogP contribution in [0.3, 0.4) is 0 Å². The molecular formula is C12H21NO5. The number of carbonyl (C=O) groups is 2. The van der Waals surface area contributed by atoms with Crippen molar-refractivity contribution in [1.82, 2.24) is 0 Å². The smallest absolute Gasteiger partial charge is 0.333 e. The van der Waals surface area contributed by atoms with Crippen LogP contribution in [0, 0.1) is 0 Å². The van der Waals surface area contributed by atoms with E-state index in [1.54, 1.807) is 13.8 Å². The van der Waals surface area contributed by atoms with Gasteiger partial charge in [0.2, 0.25) is 0 Å². The molecule has 1 unspecified atom stereocenters. The zero-order valence-corrected chi connectivity index (χ0v) is 11.1. The molecule has 0 rings (SSSR count). The quantitative estimate of drug-likeness (QED) is 0.320. The number of carboxylic acid groups (broad SMARTS) is 1. The molecule has 0 saturated heterocycles. The first-order valence-electron chi connectivity index (χ1n) is 5.27. The maximum atomic E-state index is 10.8. The summed E-state index contributed by atoms with van der Waals surface area (Å²) in [6, 6.07) is 0. The summed E-state index contributed by atoms with van der Waals surface area (Å²) in [5.41, 5.74) is 5.85. The van der Waals surface area contributed by atoms with Crippen molar-refractivity contribution in [2.75, 3.05) is 13.2 Å². The largest absolute Gasteiger partial charge is 0.478 e. The molecule has 0 aliphatic heterocycles. The number of ether oxygens (including phenoxy) is 2. The minimum absolute atomic E-state index is 0.176. The minimum atomic E-state index is -0.935. The van der Waals surface area contributed by atoms with Crippen LogP contribution in [0.25, 0.3) is 0 Å². The van der Waals surface area contributed by atoms with Crippen molar-refractivity contribution in [2.45, 2.75) is 27.0 Å². The third-order valence-electron chi connectivity index (χ3n) is 1.41. The molecule has 18 heavy (non-hydrogen) atoms. The molecule has 0 heterocycles. The average Bonchev–Trinajstić information content (AvgIpc) is 2.24. The lowest BCUT2D eigenvalue weighted by atomic mass is 10.4. The molecule has 0 saturated carbocycles. The maximum Gasteiger partial charge on any atom is 0.333 e. The zero-order chi connectivity index (χ0) is 14.7. The van der Waals surface area contributed by atoms with Crippen molar-refractivity contribution < 1.29 is 24.2 Å². The van der Waals surface area contributed by atoms with Gasteiger partial charge in [-0.3, -0.25) is 0 Å². The van der Waals surface area contributed by atoms with Gasteiger partial charge in [0.15, 0.2) is 0 Å². The van der Waals surface area contributed by atoms with E-state index in [1.165, 1.54) is 6.92 Å². The van der Waals surface area contributed by atoms with Crippen LogP contribution in [0.5, 0.6) is 0 Å². The van der Waals surface area contributed by atoms with Crippen molar-refractivity contribution in [2.24, 2.45) is 5.73 Å². The number of rotatable bonds is 6. The van der Waals surface area contributed by atoms with E-state index in [-0.39, 0.29) is 18.4 Å². The molecule has 0 aromatic heterocycles. The first-order chi connectivity index (χ1) is 8.18. The number of carbonyl (C=O) groups excluding carboxylic acids is 1. The molecule has 0 bridgehead atoms. The predicted octanol–water partition coefficient (Wildman–Crippen LogP) is 1.07. The lowest BCUT2D eigenvalue weighted by Gasteiger charge is -2.07. The molecule has 0 aliphatic rings. The van der Waals surface area contributed by atoms with Gasteiger partial charge in [-0.2, -0.15) is 0 Å². The standard InChI is InChI=1S/C8H15NO3.C4H6O2/c1-6(2)8(10)12-5-4-11-7(3)9;1-3(2)4(5)6/h7H,1,4-5,9H2,2-3H3;1H2,2H3,(H,5,6). The summed E-state index contributed by atoms with van der Waals surface area (Å²) in [7, 11) is 0. The van der Waals surface area contributed by atoms with E-state index < -0.39 is 11.9 Å². The molecule has 0 aliphatic carbocycles. The molecule has 0 amide bonds. The highest BCUT2D eigenvalue weighted by Gasteiger charge is 2.02. The van der Waals surface area contributed by atoms with E-state index in [9.17, 15) is 9.59 Å². The summed E-state index contributed by atoms with van der Waals surface area (Å²) in [6.45, 7) is 11.9. The number of hydrogen-bond acceptors (Lipinski definition) is 5. The van der Waals surface area contributed by atoms with Crippen molar-refractivity contribution >= 4 is 11.9 Å². The van der Waals surface area contributed by atoms with Crippen LogP contribution in [0.4, 0.5) is 0 Å². The van der Waals surface area contributed by atoms with Gasteiger partial charge in [0.1, 0.15) is 12.8 Å². The summed E-state index contributed by atoms with van der Waals surface area (Å²) in [4.78, 5) is 20.4. The van der Waals surface area contributed by atoms with Crippen LogP contribution < -0.4 is 5.73 Å². The normalized spacial score (nSPS) is 10.7. The third-order valence-corrected chi connectivity index (χ3v) is 1.41. The Kier molecular flexibility index (Phi) is 10.9. The summed E-state index contributed by atoms with van der Waals surface area (Å²) >= 11 is 0. The fraction of sp³-hybridized carbons (Fsp3) is 0.500. The van der Waals surface area contributed by atoms with E-state index in [2.05, 4.69) is 13.2 Å². The van der Waals surface area contributed by atoms with Crippen LogP contribution in [-0.4, -0.2) is 36.5 Å². The van der Waals surface area contributed by atoms with Crippen LogP contribution in [0.2, 0.25) is 0 Å². The maximum absolute atomic E-state index is 10.8. The highest BCUT2D eigenvalue weighted by atomic mass is 16.6. The van der Waals surface area contributed by atoms with Crippen molar-refractivity contribution in [3.05, 3.63) is 24.3 Å². The lowest BCUT2D eigenvalue weighted by molar-refractivity contribution is -0.141. The van der Waals surface area contributed by atoms with E-state index in [1.807, 2.05) is 0 Å². The second-order valence-electron chi connectivity index (χ2n) is 3.58. The van der Waals surface area contributed by atoms with Crippen LogP contribution in [-0.2, 0) is 19.1 Å². The van der Waals surface area contributed by atoms with Crippen LogP contribution in [0.1, 0.15) is 20.8 Å². The Bertz CT molecular complexity index is 298. The molecule has 104 valence electrons. The number of nitrogens with two attached hydrogens (primary N) is 1. The Labute approximate surface area is 107 Å². The summed E-state index contributed by atoms with van der Waals surface area (Å²) < 4.78 is 9.68. The van der Waals surface area contributed by atoms with Crippen molar-refractivity contribution in [3.8, 4) is 0 Å². The molecule has 0 aromatic carbocycles. The average molecular weight is 259 g/mol. The number of esters is 1. The molecule has 0 radical (unpaired) electrons. The highest BCUT2D eigenvalue weighted by molar-refractivity contribution is 5.86. The van der Waals surface area contributed by atoms with Gasteiger partial charge in [0.25, 0.3) is 0 Å². The van der Waals surface area contributed by atoms with Gasteiger partial charge in [-0.1, -0.05) is 13.2 Å². The van der Waals surface area contributed by atoms with Gasteiger partial charge in [-0.25, -0.2) is 9.59 Å². The first-order valence-corrected chi connectivity index (χ1v) is 5.27. The van der Waals surface area contributed by atoms with Gasteiger partial charge >= 0.3 is 11.9 Å². The van der Waals surface area contributed by atoms with Crippen molar-refractivity contribution in [3.63, 3.8) is 0 Å². The van der Waals surface area contributed by atoms with Gasteiger partial charge in [-0.15, -0.1) is 0 Å². The van der Waals surface area contributed by atoms with E-state index in [4.69, 9.17) is 20.3 Å². The predicted molar refractivity (Wildman–Crippen MR) is 67.8 cm³/mol. The second kappa shape index (κ2) is 10.5. The molecule has 3 N–H and O–H groups in total. The lowest BCUT2D eigenvalue weighted by Crippen LogP contribution is -2.22. The molecule has 6 nitrogen and oxygen atoms in total. The number of aliphatic carboxylic acids is 1. The SMILES string of the molecule is C=C(C)C(=O)O.C=C(C)C(=O)OCCOC(C)N. The Morgan fingerprint density at radius 3 is 1.94 bits per heavy atom. The van der Waals surface area contributed by atoms with Gasteiger partial charge in [0.05, 0.1) is 6.61 Å². The Hall–Kier alpha value is -1.66. The zero-order valence-electron chi connectivity index (χ0n) is 11.1. The minimum Gasteiger partial charge on any atom is -0.478 e. The number of hydrogen-bond donors (Lipinski definition) is 2. The highest BCUT2D eigenvalue weighted by Crippen LogP contribution is 1.91. The molecule has 0 spiro atoms. The summed E-state index contributed by atoms with van der Waals surface area (Å²) in [5.74, 6) is -1.33. The molecule has 0 aromatic rings. The molecule has 6 heteroatoms. The van der Waals surface area contributed by atoms with Crippen LogP contribution >= 0.6 is 0 Å². The van der Waals surface area contributed by atoms with Gasteiger partial charge in [0, 0.05) is 11.1 Å². The topological polar surface area (TPSA) is 98.8 Å². The second-order valence-corrected chi connectivity index (χ2v) is 3.58. The third kappa shape index (κ3) is 14.3. The fourth-order valence-electron chi connectivity index (χ4n) is 0.492. The van der Waals surface area contributed by atoms with E-state index in [0.717, 1.165) is 0 Å².